The molecule has 0 aliphatic carbocycles. The minimum absolute atomic E-state index is 0.0722. The molecule has 0 unspecified atom stereocenters. The molecule has 1 aromatic carbocycles. The van der Waals surface area contributed by atoms with E-state index in [1.807, 2.05) is 30.3 Å². The van der Waals surface area contributed by atoms with Gasteiger partial charge in [0.05, 0.1) is 6.54 Å². The molecule has 2 rings (SSSR count). The van der Waals surface area contributed by atoms with Crippen LogP contribution >= 0.6 is 0 Å². The second-order valence-electron chi connectivity index (χ2n) is 4.52. The molecule has 1 aromatic heterocycles. The lowest BCUT2D eigenvalue weighted by Crippen LogP contribution is -2.07. The molecule has 0 radical (unpaired) electrons. The molecule has 20 heavy (non-hydrogen) atoms. The highest BCUT2D eigenvalue weighted by molar-refractivity contribution is 5.48. The third-order valence-corrected chi connectivity index (χ3v) is 3.00. The van der Waals surface area contributed by atoms with E-state index in [1.165, 1.54) is 5.69 Å². The van der Waals surface area contributed by atoms with E-state index in [4.69, 9.17) is 10.00 Å². The van der Waals surface area contributed by atoms with E-state index in [-0.39, 0.29) is 6.61 Å². The molecular formula is C16H19N3O. The van der Waals surface area contributed by atoms with Crippen LogP contribution in [0.25, 0.3) is 0 Å². The highest BCUT2D eigenvalue weighted by atomic mass is 16.5. The summed E-state index contributed by atoms with van der Waals surface area (Å²) in [6.45, 7) is 4.06. The van der Waals surface area contributed by atoms with Gasteiger partial charge in [-0.05, 0) is 30.7 Å². The summed E-state index contributed by atoms with van der Waals surface area (Å²) in [6.07, 6.45) is 3.23. The summed E-state index contributed by atoms with van der Waals surface area (Å²) < 4.78 is 7.54. The first-order chi connectivity index (χ1) is 9.83. The van der Waals surface area contributed by atoms with Crippen LogP contribution < -0.4 is 10.1 Å². The molecule has 1 N–H and O–H groups in total. The standard InChI is InChI=1S/C16H19N3O/c1-2-9-19-10-4-6-15(19)13-18-14-5-3-7-16(12-14)20-11-8-17/h3-7,10,12,18H,2,9,11,13H2,1H3. The number of aromatic nitrogens is 1. The van der Waals surface area contributed by atoms with Crippen molar-refractivity contribution < 1.29 is 4.74 Å². The molecule has 104 valence electrons. The third kappa shape index (κ3) is 3.79. The number of rotatable bonds is 7. The van der Waals surface area contributed by atoms with Crippen LogP contribution in [0.15, 0.2) is 42.6 Å². The molecule has 0 aliphatic heterocycles. The van der Waals surface area contributed by atoms with Crippen molar-refractivity contribution in [2.75, 3.05) is 11.9 Å². The molecule has 0 spiro atoms. The Morgan fingerprint density at radius 2 is 2.20 bits per heavy atom. The van der Waals surface area contributed by atoms with Gasteiger partial charge in [0.25, 0.3) is 0 Å². The Morgan fingerprint density at radius 3 is 3.00 bits per heavy atom. The summed E-state index contributed by atoms with van der Waals surface area (Å²) in [5.41, 5.74) is 2.25. The molecule has 0 amide bonds. The van der Waals surface area contributed by atoms with Crippen LogP contribution in [0.2, 0.25) is 0 Å². The normalized spacial score (nSPS) is 10.0. The first-order valence-electron chi connectivity index (χ1n) is 6.81. The molecule has 0 saturated heterocycles. The van der Waals surface area contributed by atoms with Crippen LogP contribution in [-0.4, -0.2) is 11.2 Å². The smallest absolute Gasteiger partial charge is 0.174 e. The Morgan fingerprint density at radius 1 is 1.30 bits per heavy atom. The van der Waals surface area contributed by atoms with Gasteiger partial charge in [-0.1, -0.05) is 13.0 Å². The Bertz CT molecular complexity index is 583. The van der Waals surface area contributed by atoms with Gasteiger partial charge in [-0.15, -0.1) is 0 Å². The van der Waals surface area contributed by atoms with E-state index in [0.717, 1.165) is 25.2 Å². The SMILES string of the molecule is CCCn1cccc1CNc1cccc(OCC#N)c1. The van der Waals surface area contributed by atoms with Gasteiger partial charge in [-0.25, -0.2) is 0 Å². The number of nitriles is 1. The average Bonchev–Trinajstić information content (AvgIpc) is 2.91. The van der Waals surface area contributed by atoms with Gasteiger partial charge in [-0.2, -0.15) is 5.26 Å². The fraction of sp³-hybridized carbons (Fsp3) is 0.312. The number of nitrogens with one attached hydrogen (secondary N) is 1. The van der Waals surface area contributed by atoms with Crippen molar-refractivity contribution in [3.63, 3.8) is 0 Å². The summed E-state index contributed by atoms with van der Waals surface area (Å²) >= 11 is 0. The van der Waals surface area contributed by atoms with Crippen molar-refractivity contribution in [2.45, 2.75) is 26.4 Å². The summed E-state index contributed by atoms with van der Waals surface area (Å²) in [5, 5.41) is 11.9. The summed E-state index contributed by atoms with van der Waals surface area (Å²) in [7, 11) is 0. The van der Waals surface area contributed by atoms with E-state index in [9.17, 15) is 0 Å². The molecular weight excluding hydrogens is 250 g/mol. The zero-order valence-electron chi connectivity index (χ0n) is 11.7. The molecule has 4 nitrogen and oxygen atoms in total. The Kier molecular flexibility index (Phi) is 5.08. The van der Waals surface area contributed by atoms with Crippen LogP contribution in [0.4, 0.5) is 5.69 Å². The monoisotopic (exact) mass is 269 g/mol. The number of nitrogens with zero attached hydrogens (tertiary/aromatic N) is 2. The first kappa shape index (κ1) is 14.0. The summed E-state index contributed by atoms with van der Waals surface area (Å²) in [6, 6.07) is 13.8. The Labute approximate surface area is 119 Å². The van der Waals surface area contributed by atoms with Crippen molar-refractivity contribution >= 4 is 5.69 Å². The van der Waals surface area contributed by atoms with Crippen LogP contribution in [0.5, 0.6) is 5.75 Å². The van der Waals surface area contributed by atoms with Gasteiger partial charge in [0.15, 0.2) is 6.61 Å². The van der Waals surface area contributed by atoms with Gasteiger partial charge >= 0.3 is 0 Å². The van der Waals surface area contributed by atoms with Crippen molar-refractivity contribution in [2.24, 2.45) is 0 Å². The highest BCUT2D eigenvalue weighted by Crippen LogP contribution is 2.18. The number of hydrogen-bond donors (Lipinski definition) is 1. The molecule has 0 atom stereocenters. The first-order valence-corrected chi connectivity index (χ1v) is 6.81. The van der Waals surface area contributed by atoms with Gasteiger partial charge in [0, 0.05) is 30.2 Å². The quantitative estimate of drug-likeness (QED) is 0.838. The molecule has 1 heterocycles. The zero-order chi connectivity index (χ0) is 14.2. The number of benzene rings is 1. The summed E-state index contributed by atoms with van der Waals surface area (Å²) in [5.74, 6) is 0.709. The van der Waals surface area contributed by atoms with Crippen molar-refractivity contribution in [3.8, 4) is 11.8 Å². The van der Waals surface area contributed by atoms with Crippen LogP contribution in [0.1, 0.15) is 19.0 Å². The number of hydrogen-bond acceptors (Lipinski definition) is 3. The van der Waals surface area contributed by atoms with Crippen molar-refractivity contribution in [3.05, 3.63) is 48.3 Å². The largest absolute Gasteiger partial charge is 0.479 e. The molecule has 2 aromatic rings. The lowest BCUT2D eigenvalue weighted by molar-refractivity contribution is 0.368. The fourth-order valence-corrected chi connectivity index (χ4v) is 2.07. The molecule has 0 aliphatic rings. The Hall–Kier alpha value is -2.41. The van der Waals surface area contributed by atoms with Crippen LogP contribution in [0, 0.1) is 11.3 Å². The lowest BCUT2D eigenvalue weighted by Gasteiger charge is -2.11. The van der Waals surface area contributed by atoms with Gasteiger partial charge in [0.2, 0.25) is 0 Å². The number of ether oxygens (including phenoxy) is 1. The number of anilines is 1. The predicted octanol–water partition coefficient (Wildman–Crippen LogP) is 3.41. The average molecular weight is 269 g/mol. The molecule has 0 bridgehead atoms. The second kappa shape index (κ2) is 7.25. The molecule has 4 heteroatoms. The van der Waals surface area contributed by atoms with E-state index in [1.54, 1.807) is 0 Å². The van der Waals surface area contributed by atoms with Crippen molar-refractivity contribution in [1.82, 2.24) is 4.57 Å². The van der Waals surface area contributed by atoms with Gasteiger partial charge < -0.3 is 14.6 Å². The topological polar surface area (TPSA) is 50.0 Å². The Balaban J connectivity index is 1.96. The third-order valence-electron chi connectivity index (χ3n) is 3.00. The number of aryl methyl sites for hydroxylation is 1. The van der Waals surface area contributed by atoms with E-state index in [2.05, 4.69) is 35.1 Å². The van der Waals surface area contributed by atoms with Gasteiger partial charge in [0.1, 0.15) is 11.8 Å². The molecule has 0 fully saturated rings. The maximum Gasteiger partial charge on any atom is 0.174 e. The van der Waals surface area contributed by atoms with E-state index in [0.29, 0.717) is 5.75 Å². The predicted molar refractivity (Wildman–Crippen MR) is 79.6 cm³/mol. The summed E-state index contributed by atoms with van der Waals surface area (Å²) in [4.78, 5) is 0. The van der Waals surface area contributed by atoms with Crippen LogP contribution in [-0.2, 0) is 13.1 Å². The zero-order valence-corrected chi connectivity index (χ0v) is 11.7. The van der Waals surface area contributed by atoms with Crippen LogP contribution in [0.3, 0.4) is 0 Å². The highest BCUT2D eigenvalue weighted by Gasteiger charge is 2.01. The molecule has 0 saturated carbocycles. The lowest BCUT2D eigenvalue weighted by atomic mass is 10.3. The van der Waals surface area contributed by atoms with Crippen molar-refractivity contribution in [1.29, 1.82) is 5.26 Å². The second-order valence-corrected chi connectivity index (χ2v) is 4.52. The maximum absolute atomic E-state index is 8.51. The minimum Gasteiger partial charge on any atom is -0.479 e. The van der Waals surface area contributed by atoms with Gasteiger partial charge in [-0.3, -0.25) is 0 Å². The minimum atomic E-state index is 0.0722. The van der Waals surface area contributed by atoms with E-state index >= 15 is 0 Å². The maximum atomic E-state index is 8.51. The van der Waals surface area contributed by atoms with E-state index < -0.39 is 0 Å². The fourth-order valence-electron chi connectivity index (χ4n) is 2.07.